The maximum absolute atomic E-state index is 3.59. The molecule has 0 saturated carbocycles. The van der Waals surface area contributed by atoms with E-state index in [2.05, 4.69) is 17.1 Å². The molecule has 2 aliphatic rings. The average molecular weight is 232 g/mol. The quantitative estimate of drug-likeness (QED) is 0.694. The molecule has 0 aromatic rings. The van der Waals surface area contributed by atoms with Gasteiger partial charge < -0.3 is 5.32 Å². The van der Waals surface area contributed by atoms with E-state index in [4.69, 9.17) is 0 Å². The van der Waals surface area contributed by atoms with Crippen molar-refractivity contribution in [3.05, 3.63) is 0 Å². The molecule has 2 rings (SSSR count). The Morgan fingerprint density at radius 1 is 1.14 bits per heavy atom. The minimum Gasteiger partial charge on any atom is -0.313 e. The molecule has 1 N–H and O–H groups in total. The van der Waals surface area contributed by atoms with Gasteiger partial charge in [0, 0.05) is 43.2 Å². The Bertz CT molecular complexity index is 162. The summed E-state index contributed by atoms with van der Waals surface area (Å²) in [5.41, 5.74) is 0. The summed E-state index contributed by atoms with van der Waals surface area (Å²) in [5.74, 6) is 2.60. The molecule has 0 bridgehead atoms. The second-order valence-electron chi connectivity index (χ2n) is 4.22. The molecule has 0 aromatic heterocycles. The fourth-order valence-electron chi connectivity index (χ4n) is 2.20. The van der Waals surface area contributed by atoms with Gasteiger partial charge in [-0.05, 0) is 19.8 Å². The first-order valence-corrected chi connectivity index (χ1v) is 8.07. The minimum absolute atomic E-state index is 0.738. The lowest BCUT2D eigenvalue weighted by Crippen LogP contribution is -2.49. The molecule has 0 spiro atoms. The van der Waals surface area contributed by atoms with Crippen molar-refractivity contribution in [2.75, 3.05) is 31.1 Å². The Kier molecular flexibility index (Phi) is 4.47. The third-order valence-electron chi connectivity index (χ3n) is 3.16. The lowest BCUT2D eigenvalue weighted by atomic mass is 10.0. The zero-order chi connectivity index (χ0) is 9.80. The fourth-order valence-corrected chi connectivity index (χ4v) is 4.21. The van der Waals surface area contributed by atoms with E-state index in [1.807, 2.05) is 21.6 Å². The largest absolute Gasteiger partial charge is 0.313 e. The topological polar surface area (TPSA) is 15.3 Å². The van der Waals surface area contributed by atoms with Gasteiger partial charge in [0.25, 0.3) is 0 Å². The molecule has 0 aromatic carbocycles. The van der Waals surface area contributed by atoms with Crippen molar-refractivity contribution in [1.29, 1.82) is 0 Å². The fraction of sp³-hybridized carbons (Fsp3) is 1.00. The second kappa shape index (κ2) is 5.64. The van der Waals surface area contributed by atoms with E-state index >= 15 is 0 Å². The van der Waals surface area contributed by atoms with Gasteiger partial charge >= 0.3 is 0 Å². The van der Waals surface area contributed by atoms with Crippen LogP contribution in [0, 0.1) is 0 Å². The van der Waals surface area contributed by atoms with Crippen LogP contribution in [0.3, 0.4) is 0 Å². The van der Waals surface area contributed by atoms with E-state index in [0.717, 1.165) is 12.1 Å². The first-order chi connectivity index (χ1) is 6.86. The van der Waals surface area contributed by atoms with Crippen LogP contribution in [0.15, 0.2) is 0 Å². The molecular formula is C10H20N2S2. The summed E-state index contributed by atoms with van der Waals surface area (Å²) >= 11 is 0. The summed E-state index contributed by atoms with van der Waals surface area (Å²) in [6.45, 7) is 6.08. The van der Waals surface area contributed by atoms with Crippen LogP contribution in [-0.4, -0.2) is 48.1 Å². The van der Waals surface area contributed by atoms with Crippen LogP contribution >= 0.6 is 21.6 Å². The molecule has 4 heteroatoms. The van der Waals surface area contributed by atoms with Crippen LogP contribution in [0.2, 0.25) is 0 Å². The summed E-state index contributed by atoms with van der Waals surface area (Å²) in [5, 5.41) is 3.59. The lowest BCUT2D eigenvalue weighted by Gasteiger charge is -2.35. The van der Waals surface area contributed by atoms with Crippen molar-refractivity contribution >= 4 is 21.6 Å². The molecule has 0 amide bonds. The monoisotopic (exact) mass is 232 g/mol. The zero-order valence-corrected chi connectivity index (χ0v) is 10.5. The van der Waals surface area contributed by atoms with Crippen molar-refractivity contribution in [3.8, 4) is 0 Å². The van der Waals surface area contributed by atoms with E-state index < -0.39 is 0 Å². The summed E-state index contributed by atoms with van der Waals surface area (Å²) in [6.07, 6.45) is 2.74. The molecule has 2 saturated heterocycles. The van der Waals surface area contributed by atoms with E-state index in [-0.39, 0.29) is 0 Å². The third kappa shape index (κ3) is 3.05. The highest BCUT2D eigenvalue weighted by atomic mass is 33.1. The third-order valence-corrected chi connectivity index (χ3v) is 5.52. The molecule has 0 radical (unpaired) electrons. The van der Waals surface area contributed by atoms with Crippen LogP contribution in [0.5, 0.6) is 0 Å². The molecule has 2 nitrogen and oxygen atoms in total. The molecular weight excluding hydrogens is 212 g/mol. The van der Waals surface area contributed by atoms with Crippen molar-refractivity contribution < 1.29 is 0 Å². The predicted molar refractivity (Wildman–Crippen MR) is 67.0 cm³/mol. The molecule has 2 unspecified atom stereocenters. The summed E-state index contributed by atoms with van der Waals surface area (Å²) in [4.78, 5) is 2.69. The Hall–Kier alpha value is 0.620. The second-order valence-corrected chi connectivity index (χ2v) is 6.92. The van der Waals surface area contributed by atoms with Gasteiger partial charge in [0.05, 0.1) is 0 Å². The molecule has 2 aliphatic heterocycles. The summed E-state index contributed by atoms with van der Waals surface area (Å²) < 4.78 is 0. The van der Waals surface area contributed by atoms with Gasteiger partial charge in [0.1, 0.15) is 0 Å². The first kappa shape index (κ1) is 11.1. The number of hydrogen-bond acceptors (Lipinski definition) is 4. The maximum Gasteiger partial charge on any atom is 0.0221 e. The minimum atomic E-state index is 0.738. The number of nitrogens with zero attached hydrogens (tertiary/aromatic N) is 1. The van der Waals surface area contributed by atoms with Crippen LogP contribution in [0.25, 0.3) is 0 Å². The molecule has 2 fully saturated rings. The van der Waals surface area contributed by atoms with Gasteiger partial charge in [-0.15, -0.1) is 0 Å². The standard InChI is InChI=1S/C10H20N2S2/c1-9-2-3-10(8-11-9)12-4-6-13-14-7-5-12/h9-11H,2-8H2,1H3. The Labute approximate surface area is 95.0 Å². The van der Waals surface area contributed by atoms with Crippen LogP contribution in [0.4, 0.5) is 0 Å². The van der Waals surface area contributed by atoms with Crippen molar-refractivity contribution in [3.63, 3.8) is 0 Å². The molecule has 82 valence electrons. The number of hydrogen-bond donors (Lipinski definition) is 1. The number of rotatable bonds is 1. The van der Waals surface area contributed by atoms with Crippen LogP contribution < -0.4 is 5.32 Å². The molecule has 2 atom stereocenters. The van der Waals surface area contributed by atoms with Gasteiger partial charge in [0.15, 0.2) is 0 Å². The van der Waals surface area contributed by atoms with Crippen molar-refractivity contribution in [2.24, 2.45) is 0 Å². The Morgan fingerprint density at radius 2 is 1.86 bits per heavy atom. The van der Waals surface area contributed by atoms with Gasteiger partial charge in [0.2, 0.25) is 0 Å². The average Bonchev–Trinajstić information content (AvgIpc) is 2.47. The van der Waals surface area contributed by atoms with E-state index in [0.29, 0.717) is 0 Å². The van der Waals surface area contributed by atoms with E-state index in [9.17, 15) is 0 Å². The molecule has 14 heavy (non-hydrogen) atoms. The van der Waals surface area contributed by atoms with Gasteiger partial charge in [-0.1, -0.05) is 21.6 Å². The van der Waals surface area contributed by atoms with Crippen LogP contribution in [0.1, 0.15) is 19.8 Å². The number of nitrogens with one attached hydrogen (secondary N) is 1. The van der Waals surface area contributed by atoms with E-state index in [1.54, 1.807) is 0 Å². The number of piperidine rings is 1. The Morgan fingerprint density at radius 3 is 2.43 bits per heavy atom. The highest BCUT2D eigenvalue weighted by Crippen LogP contribution is 2.26. The molecule has 0 aliphatic carbocycles. The first-order valence-electron chi connectivity index (χ1n) is 5.58. The van der Waals surface area contributed by atoms with E-state index in [1.165, 1.54) is 44.0 Å². The smallest absolute Gasteiger partial charge is 0.0221 e. The summed E-state index contributed by atoms with van der Waals surface area (Å²) in [7, 11) is 4.08. The Balaban J connectivity index is 1.81. The zero-order valence-electron chi connectivity index (χ0n) is 8.87. The lowest BCUT2D eigenvalue weighted by molar-refractivity contribution is 0.172. The predicted octanol–water partition coefficient (Wildman–Crippen LogP) is 1.82. The van der Waals surface area contributed by atoms with Gasteiger partial charge in [-0.25, -0.2) is 0 Å². The van der Waals surface area contributed by atoms with Gasteiger partial charge in [-0.3, -0.25) is 4.90 Å². The van der Waals surface area contributed by atoms with Crippen LogP contribution in [-0.2, 0) is 0 Å². The molecule has 2 heterocycles. The maximum atomic E-state index is 3.59. The van der Waals surface area contributed by atoms with Crippen molar-refractivity contribution in [2.45, 2.75) is 31.8 Å². The van der Waals surface area contributed by atoms with Crippen molar-refractivity contribution in [1.82, 2.24) is 10.2 Å². The summed E-state index contributed by atoms with van der Waals surface area (Å²) in [6, 6.07) is 1.55. The SMILES string of the molecule is CC1CCC(N2CCSSCC2)CN1. The highest BCUT2D eigenvalue weighted by molar-refractivity contribution is 8.76. The normalized spacial score (nSPS) is 36.6. The van der Waals surface area contributed by atoms with Gasteiger partial charge in [-0.2, -0.15) is 0 Å². The highest BCUT2D eigenvalue weighted by Gasteiger charge is 2.23.